The van der Waals surface area contributed by atoms with E-state index in [9.17, 15) is 5.11 Å². The second-order valence-corrected chi connectivity index (χ2v) is 4.32. The number of hydrogen-bond donors (Lipinski definition) is 1. The number of rotatable bonds is 1. The summed E-state index contributed by atoms with van der Waals surface area (Å²) in [4.78, 5) is 0. The van der Waals surface area contributed by atoms with Crippen LogP contribution in [0.2, 0.25) is 5.02 Å². The molecule has 0 radical (unpaired) electrons. The highest BCUT2D eigenvalue weighted by Crippen LogP contribution is 2.37. The van der Waals surface area contributed by atoms with Crippen molar-refractivity contribution in [1.82, 2.24) is 10.2 Å². The number of phenols is 1. The van der Waals surface area contributed by atoms with Gasteiger partial charge in [-0.1, -0.05) is 41.9 Å². The zero-order chi connectivity index (χ0) is 12.5. The molecule has 88 valence electrons. The van der Waals surface area contributed by atoms with E-state index >= 15 is 0 Å². The van der Waals surface area contributed by atoms with Crippen LogP contribution in [0.1, 0.15) is 0 Å². The molecule has 1 N–H and O–H groups in total. The van der Waals surface area contributed by atoms with Crippen LogP contribution >= 0.6 is 11.6 Å². The largest absolute Gasteiger partial charge is 0.504 e. The van der Waals surface area contributed by atoms with Gasteiger partial charge in [-0.25, -0.2) is 0 Å². The van der Waals surface area contributed by atoms with E-state index in [0.29, 0.717) is 5.52 Å². The molecule has 0 saturated carbocycles. The van der Waals surface area contributed by atoms with Crippen molar-refractivity contribution in [3.05, 3.63) is 53.7 Å². The number of halogens is 1. The molecule has 1 aromatic heterocycles. The van der Waals surface area contributed by atoms with Crippen molar-refractivity contribution in [2.45, 2.75) is 0 Å². The van der Waals surface area contributed by atoms with Crippen LogP contribution in [0.3, 0.4) is 0 Å². The Morgan fingerprint density at radius 3 is 2.61 bits per heavy atom. The third-order valence-electron chi connectivity index (χ3n) is 2.82. The summed E-state index contributed by atoms with van der Waals surface area (Å²) in [6, 6.07) is 13.4. The number of benzene rings is 2. The van der Waals surface area contributed by atoms with Gasteiger partial charge in [0, 0.05) is 5.39 Å². The Morgan fingerprint density at radius 1 is 1.06 bits per heavy atom. The van der Waals surface area contributed by atoms with E-state index in [1.54, 1.807) is 12.3 Å². The SMILES string of the molecule is Oc1c(Cl)cc(-c2ccccc2)c2ccnnc12. The minimum Gasteiger partial charge on any atom is -0.504 e. The van der Waals surface area contributed by atoms with Crippen molar-refractivity contribution in [2.75, 3.05) is 0 Å². The zero-order valence-electron chi connectivity index (χ0n) is 9.34. The third-order valence-corrected chi connectivity index (χ3v) is 3.11. The highest BCUT2D eigenvalue weighted by atomic mass is 35.5. The van der Waals surface area contributed by atoms with E-state index in [1.165, 1.54) is 0 Å². The number of hydrogen-bond acceptors (Lipinski definition) is 3. The molecule has 4 heteroatoms. The maximum atomic E-state index is 9.90. The van der Waals surface area contributed by atoms with Crippen molar-refractivity contribution in [3.8, 4) is 16.9 Å². The number of fused-ring (bicyclic) bond motifs is 1. The van der Waals surface area contributed by atoms with Gasteiger partial charge in [0.2, 0.25) is 0 Å². The van der Waals surface area contributed by atoms with Gasteiger partial charge in [-0.3, -0.25) is 0 Å². The lowest BCUT2D eigenvalue weighted by Crippen LogP contribution is -1.88. The molecular formula is C14H9ClN2O. The first-order valence-corrected chi connectivity index (χ1v) is 5.83. The van der Waals surface area contributed by atoms with Crippen molar-refractivity contribution >= 4 is 22.5 Å². The molecule has 0 aliphatic heterocycles. The lowest BCUT2D eigenvalue weighted by molar-refractivity contribution is 0.480. The monoisotopic (exact) mass is 256 g/mol. The predicted molar refractivity (Wildman–Crippen MR) is 71.6 cm³/mol. The summed E-state index contributed by atoms with van der Waals surface area (Å²) in [7, 11) is 0. The van der Waals surface area contributed by atoms with Gasteiger partial charge in [0.1, 0.15) is 5.52 Å². The first-order chi connectivity index (χ1) is 8.77. The summed E-state index contributed by atoms with van der Waals surface area (Å²) < 4.78 is 0. The Morgan fingerprint density at radius 2 is 1.83 bits per heavy atom. The quantitative estimate of drug-likeness (QED) is 0.723. The van der Waals surface area contributed by atoms with Gasteiger partial charge in [-0.2, -0.15) is 5.10 Å². The van der Waals surface area contributed by atoms with Gasteiger partial charge in [-0.05, 0) is 23.3 Å². The molecule has 3 nitrogen and oxygen atoms in total. The van der Waals surface area contributed by atoms with Gasteiger partial charge in [0.05, 0.1) is 11.2 Å². The van der Waals surface area contributed by atoms with E-state index in [1.807, 2.05) is 36.4 Å². The Bertz CT molecular complexity index is 714. The van der Waals surface area contributed by atoms with Crippen LogP contribution in [-0.2, 0) is 0 Å². The molecular weight excluding hydrogens is 248 g/mol. The van der Waals surface area contributed by atoms with Crippen LogP contribution in [0.5, 0.6) is 5.75 Å². The maximum absolute atomic E-state index is 9.90. The number of nitrogens with zero attached hydrogens (tertiary/aromatic N) is 2. The Hall–Kier alpha value is -2.13. The van der Waals surface area contributed by atoms with E-state index < -0.39 is 0 Å². The molecule has 0 fully saturated rings. The lowest BCUT2D eigenvalue weighted by Gasteiger charge is -2.08. The van der Waals surface area contributed by atoms with E-state index in [4.69, 9.17) is 11.6 Å². The second kappa shape index (κ2) is 4.27. The topological polar surface area (TPSA) is 46.0 Å². The van der Waals surface area contributed by atoms with Crippen molar-refractivity contribution in [3.63, 3.8) is 0 Å². The fraction of sp³-hybridized carbons (Fsp3) is 0. The Balaban J connectivity index is 2.40. The molecule has 0 amide bonds. The number of aromatic nitrogens is 2. The predicted octanol–water partition coefficient (Wildman–Crippen LogP) is 3.66. The van der Waals surface area contributed by atoms with E-state index in [2.05, 4.69) is 10.2 Å². The van der Waals surface area contributed by atoms with Crippen LogP contribution in [0, 0.1) is 0 Å². The fourth-order valence-corrected chi connectivity index (χ4v) is 2.17. The lowest BCUT2D eigenvalue weighted by atomic mass is 10.0. The summed E-state index contributed by atoms with van der Waals surface area (Å²) in [6.07, 6.45) is 1.60. The van der Waals surface area contributed by atoms with Gasteiger partial charge in [0.15, 0.2) is 5.75 Å². The Labute approximate surface area is 109 Å². The summed E-state index contributed by atoms with van der Waals surface area (Å²) in [6.45, 7) is 0. The summed E-state index contributed by atoms with van der Waals surface area (Å²) in [5.74, 6) is -0.0283. The van der Waals surface area contributed by atoms with Gasteiger partial charge < -0.3 is 5.11 Å². The smallest absolute Gasteiger partial charge is 0.162 e. The third kappa shape index (κ3) is 1.69. The average molecular weight is 257 g/mol. The van der Waals surface area contributed by atoms with Crippen LogP contribution < -0.4 is 0 Å². The molecule has 2 aromatic carbocycles. The second-order valence-electron chi connectivity index (χ2n) is 3.91. The van der Waals surface area contributed by atoms with E-state index in [-0.39, 0.29) is 10.8 Å². The molecule has 0 bridgehead atoms. The summed E-state index contributed by atoms with van der Waals surface area (Å²) in [5, 5.41) is 18.7. The molecule has 0 saturated heterocycles. The summed E-state index contributed by atoms with van der Waals surface area (Å²) in [5.41, 5.74) is 2.38. The highest BCUT2D eigenvalue weighted by molar-refractivity contribution is 6.33. The molecule has 3 rings (SSSR count). The minimum atomic E-state index is -0.0283. The molecule has 0 spiro atoms. The molecule has 1 heterocycles. The molecule has 0 atom stereocenters. The maximum Gasteiger partial charge on any atom is 0.162 e. The molecule has 0 aliphatic carbocycles. The van der Waals surface area contributed by atoms with Crippen LogP contribution in [0.25, 0.3) is 22.0 Å². The normalized spacial score (nSPS) is 10.7. The molecule has 0 unspecified atom stereocenters. The first kappa shape index (κ1) is 11.0. The molecule has 3 aromatic rings. The molecule has 0 aliphatic rings. The van der Waals surface area contributed by atoms with Crippen molar-refractivity contribution in [2.24, 2.45) is 0 Å². The zero-order valence-corrected chi connectivity index (χ0v) is 10.1. The summed E-state index contributed by atoms with van der Waals surface area (Å²) >= 11 is 6.02. The van der Waals surface area contributed by atoms with Crippen molar-refractivity contribution in [1.29, 1.82) is 0 Å². The highest BCUT2D eigenvalue weighted by Gasteiger charge is 2.12. The van der Waals surface area contributed by atoms with Gasteiger partial charge >= 0.3 is 0 Å². The average Bonchev–Trinajstić information content (AvgIpc) is 2.44. The van der Waals surface area contributed by atoms with Crippen molar-refractivity contribution < 1.29 is 5.11 Å². The van der Waals surface area contributed by atoms with Crippen LogP contribution in [-0.4, -0.2) is 15.3 Å². The van der Waals surface area contributed by atoms with Crippen LogP contribution in [0.4, 0.5) is 0 Å². The Kier molecular flexibility index (Phi) is 2.61. The molecule has 18 heavy (non-hydrogen) atoms. The van der Waals surface area contributed by atoms with Crippen LogP contribution in [0.15, 0.2) is 48.7 Å². The number of phenolic OH excluding ortho intramolecular Hbond substituents is 1. The minimum absolute atomic E-state index is 0.0283. The van der Waals surface area contributed by atoms with E-state index in [0.717, 1.165) is 16.5 Å². The van der Waals surface area contributed by atoms with Gasteiger partial charge in [-0.15, -0.1) is 5.10 Å². The number of aromatic hydroxyl groups is 1. The first-order valence-electron chi connectivity index (χ1n) is 5.45. The fourth-order valence-electron chi connectivity index (χ4n) is 1.97. The van der Waals surface area contributed by atoms with Gasteiger partial charge in [0.25, 0.3) is 0 Å². The standard InChI is InChI=1S/C14H9ClN2O/c15-12-8-11(9-4-2-1-3-5-9)10-6-7-16-17-13(10)14(12)18/h1-8,18H.